The summed E-state index contributed by atoms with van der Waals surface area (Å²) in [5.74, 6) is 0. The van der Waals surface area contributed by atoms with Crippen LogP contribution in [-0.4, -0.2) is 35.8 Å². The zero-order valence-electron chi connectivity index (χ0n) is 14.0. The first-order chi connectivity index (χ1) is 12.3. The number of aromatic nitrogens is 5. The fourth-order valence-corrected chi connectivity index (χ4v) is 3.70. The van der Waals surface area contributed by atoms with Gasteiger partial charge in [-0.1, -0.05) is 35.5 Å². The van der Waals surface area contributed by atoms with Crippen LogP contribution >= 0.6 is 0 Å². The van der Waals surface area contributed by atoms with E-state index in [1.807, 2.05) is 29.2 Å². The molecular formula is C19H21N5O. The first-order valence-corrected chi connectivity index (χ1v) is 9.02. The molecule has 2 saturated carbocycles. The number of hydrogen-bond acceptors (Lipinski definition) is 4. The van der Waals surface area contributed by atoms with Crippen molar-refractivity contribution in [2.75, 3.05) is 0 Å². The smallest absolute Gasteiger partial charge is 0.131 e. The molecule has 5 rings (SSSR count). The quantitative estimate of drug-likeness (QED) is 0.795. The Balaban J connectivity index is 1.59. The van der Waals surface area contributed by atoms with Gasteiger partial charge in [0.15, 0.2) is 0 Å². The molecule has 0 amide bonds. The number of aliphatic hydroxyl groups excluding tert-OH is 1. The van der Waals surface area contributed by atoms with Gasteiger partial charge in [0.2, 0.25) is 0 Å². The van der Waals surface area contributed by atoms with Crippen LogP contribution in [0.1, 0.15) is 44.2 Å². The van der Waals surface area contributed by atoms with Crippen LogP contribution in [0.4, 0.5) is 0 Å². The van der Waals surface area contributed by atoms with Gasteiger partial charge in [-0.15, -0.1) is 5.10 Å². The van der Waals surface area contributed by atoms with Crippen molar-refractivity contribution in [2.24, 2.45) is 0 Å². The van der Waals surface area contributed by atoms with E-state index in [1.165, 1.54) is 19.3 Å². The predicted octanol–water partition coefficient (Wildman–Crippen LogP) is 3.23. The fraction of sp³-hybridized carbons (Fsp3) is 0.421. The van der Waals surface area contributed by atoms with Gasteiger partial charge in [-0.25, -0.2) is 9.67 Å². The lowest BCUT2D eigenvalue weighted by Gasteiger charge is -2.33. The molecule has 0 spiro atoms. The highest BCUT2D eigenvalue weighted by molar-refractivity contribution is 5.76. The van der Waals surface area contributed by atoms with Crippen molar-refractivity contribution in [3.63, 3.8) is 0 Å². The molecule has 3 aromatic rings. The minimum Gasteiger partial charge on any atom is -0.393 e. The third-order valence-corrected chi connectivity index (χ3v) is 5.52. The highest BCUT2D eigenvalue weighted by Gasteiger charge is 2.32. The van der Waals surface area contributed by atoms with Crippen LogP contribution in [0.25, 0.3) is 22.6 Å². The van der Waals surface area contributed by atoms with E-state index in [4.69, 9.17) is 0 Å². The third-order valence-electron chi connectivity index (χ3n) is 5.52. The molecule has 2 heterocycles. The SMILES string of the molecule is OC1CC(n2cnc(-c3ccccc3)c2-c2cn(C3CCC3)nn2)C1. The molecule has 25 heavy (non-hydrogen) atoms. The molecule has 1 N–H and O–H groups in total. The Labute approximate surface area is 146 Å². The number of benzene rings is 1. The van der Waals surface area contributed by atoms with E-state index >= 15 is 0 Å². The molecule has 0 radical (unpaired) electrons. The monoisotopic (exact) mass is 335 g/mol. The van der Waals surface area contributed by atoms with Crippen LogP contribution < -0.4 is 0 Å². The van der Waals surface area contributed by atoms with Gasteiger partial charge in [-0.2, -0.15) is 0 Å². The summed E-state index contributed by atoms with van der Waals surface area (Å²) in [5.41, 5.74) is 3.88. The Morgan fingerprint density at radius 3 is 2.52 bits per heavy atom. The largest absolute Gasteiger partial charge is 0.393 e. The van der Waals surface area contributed by atoms with Crippen molar-refractivity contribution in [1.29, 1.82) is 0 Å². The second-order valence-corrected chi connectivity index (χ2v) is 7.16. The Kier molecular flexibility index (Phi) is 3.45. The van der Waals surface area contributed by atoms with Gasteiger partial charge < -0.3 is 9.67 Å². The highest BCUT2D eigenvalue weighted by Crippen LogP contribution is 2.39. The van der Waals surface area contributed by atoms with E-state index < -0.39 is 0 Å². The Morgan fingerprint density at radius 2 is 1.84 bits per heavy atom. The van der Waals surface area contributed by atoms with Crippen molar-refractivity contribution in [2.45, 2.75) is 50.3 Å². The third kappa shape index (κ3) is 2.48. The molecule has 0 saturated heterocycles. The van der Waals surface area contributed by atoms with Crippen LogP contribution in [0.5, 0.6) is 0 Å². The second-order valence-electron chi connectivity index (χ2n) is 7.16. The lowest BCUT2D eigenvalue weighted by molar-refractivity contribution is 0.0491. The van der Waals surface area contributed by atoms with E-state index in [0.29, 0.717) is 6.04 Å². The van der Waals surface area contributed by atoms with E-state index in [1.54, 1.807) is 0 Å². The van der Waals surface area contributed by atoms with Gasteiger partial charge in [0.05, 0.1) is 36.1 Å². The Bertz CT molecular complexity index is 874. The first-order valence-electron chi connectivity index (χ1n) is 9.02. The standard InChI is InChI=1S/C19H21N5O/c25-16-9-15(10-16)23-12-20-18(13-5-2-1-3-6-13)19(23)17-11-24(22-21-17)14-7-4-8-14/h1-3,5-6,11-12,14-16,25H,4,7-10H2. The molecule has 2 fully saturated rings. The summed E-state index contributed by atoms with van der Waals surface area (Å²) in [6.45, 7) is 0. The molecule has 128 valence electrons. The average Bonchev–Trinajstić information content (AvgIpc) is 3.17. The van der Waals surface area contributed by atoms with Gasteiger partial charge in [0, 0.05) is 11.6 Å². The molecule has 2 aliphatic carbocycles. The molecular weight excluding hydrogens is 314 g/mol. The number of imidazole rings is 1. The van der Waals surface area contributed by atoms with Crippen molar-refractivity contribution in [3.8, 4) is 22.6 Å². The van der Waals surface area contributed by atoms with Crippen molar-refractivity contribution in [1.82, 2.24) is 24.5 Å². The Morgan fingerprint density at radius 1 is 1.04 bits per heavy atom. The number of hydrogen-bond donors (Lipinski definition) is 1. The minimum atomic E-state index is -0.203. The van der Waals surface area contributed by atoms with Gasteiger partial charge >= 0.3 is 0 Å². The summed E-state index contributed by atoms with van der Waals surface area (Å²) in [4.78, 5) is 4.68. The number of rotatable bonds is 4. The van der Waals surface area contributed by atoms with Crippen molar-refractivity contribution >= 4 is 0 Å². The average molecular weight is 335 g/mol. The zero-order chi connectivity index (χ0) is 16.8. The van der Waals surface area contributed by atoms with Crippen LogP contribution in [0, 0.1) is 0 Å². The highest BCUT2D eigenvalue weighted by atomic mass is 16.3. The molecule has 2 aromatic heterocycles. The summed E-state index contributed by atoms with van der Waals surface area (Å²) in [7, 11) is 0. The maximum atomic E-state index is 9.72. The topological polar surface area (TPSA) is 68.8 Å². The van der Waals surface area contributed by atoms with Crippen LogP contribution in [0.3, 0.4) is 0 Å². The minimum absolute atomic E-state index is 0.203. The van der Waals surface area contributed by atoms with Gasteiger partial charge in [0.1, 0.15) is 5.69 Å². The number of aliphatic hydroxyl groups is 1. The Hall–Kier alpha value is -2.47. The van der Waals surface area contributed by atoms with Crippen LogP contribution in [0.15, 0.2) is 42.9 Å². The van der Waals surface area contributed by atoms with Crippen LogP contribution in [0.2, 0.25) is 0 Å². The molecule has 2 aliphatic rings. The molecule has 6 heteroatoms. The lowest BCUT2D eigenvalue weighted by atomic mass is 9.89. The summed E-state index contributed by atoms with van der Waals surface area (Å²) in [6.07, 6.45) is 8.92. The molecule has 0 aliphatic heterocycles. The second kappa shape index (κ2) is 5.81. The van der Waals surface area contributed by atoms with Crippen LogP contribution in [-0.2, 0) is 0 Å². The number of nitrogens with zero attached hydrogens (tertiary/aromatic N) is 5. The predicted molar refractivity (Wildman–Crippen MR) is 93.8 cm³/mol. The normalized spacial score (nSPS) is 23.2. The summed E-state index contributed by atoms with van der Waals surface area (Å²) in [6, 6.07) is 11.0. The van der Waals surface area contributed by atoms with Gasteiger partial charge in [-0.05, 0) is 32.1 Å². The van der Waals surface area contributed by atoms with Gasteiger partial charge in [0.25, 0.3) is 0 Å². The summed E-state index contributed by atoms with van der Waals surface area (Å²) >= 11 is 0. The fourth-order valence-electron chi connectivity index (χ4n) is 3.70. The van der Waals surface area contributed by atoms with Gasteiger partial charge in [-0.3, -0.25) is 0 Å². The molecule has 0 atom stereocenters. The maximum absolute atomic E-state index is 9.72. The van der Waals surface area contributed by atoms with E-state index in [2.05, 4.69) is 38.2 Å². The van der Waals surface area contributed by atoms with E-state index in [-0.39, 0.29) is 12.1 Å². The molecule has 0 bridgehead atoms. The van der Waals surface area contributed by atoms with E-state index in [0.717, 1.165) is 35.5 Å². The lowest BCUT2D eigenvalue weighted by Crippen LogP contribution is -2.30. The maximum Gasteiger partial charge on any atom is 0.131 e. The van der Waals surface area contributed by atoms with Crippen molar-refractivity contribution in [3.05, 3.63) is 42.9 Å². The molecule has 6 nitrogen and oxygen atoms in total. The summed E-state index contributed by atoms with van der Waals surface area (Å²) in [5, 5.41) is 18.5. The zero-order valence-corrected chi connectivity index (χ0v) is 14.0. The van der Waals surface area contributed by atoms with Crippen molar-refractivity contribution < 1.29 is 5.11 Å². The summed E-state index contributed by atoms with van der Waals surface area (Å²) < 4.78 is 4.17. The molecule has 1 aromatic carbocycles. The molecule has 0 unspecified atom stereocenters. The van der Waals surface area contributed by atoms with E-state index in [9.17, 15) is 5.11 Å². The first kappa shape index (κ1) is 14.8.